The summed E-state index contributed by atoms with van der Waals surface area (Å²) in [6.45, 7) is 1.35. The number of nitrogens with zero attached hydrogens (tertiary/aromatic N) is 1. The summed E-state index contributed by atoms with van der Waals surface area (Å²) in [4.78, 5) is 24.4. The van der Waals surface area contributed by atoms with E-state index in [9.17, 15) is 14.7 Å². The summed E-state index contributed by atoms with van der Waals surface area (Å²) in [6.07, 6.45) is 1.69. The molecule has 18 heavy (non-hydrogen) atoms. The van der Waals surface area contributed by atoms with E-state index in [1.54, 1.807) is 19.1 Å². The molecule has 0 aromatic heterocycles. The molecule has 96 valence electrons. The fourth-order valence-electron chi connectivity index (χ4n) is 1.91. The van der Waals surface area contributed by atoms with Crippen LogP contribution in [0.3, 0.4) is 0 Å². The highest BCUT2D eigenvalue weighted by Gasteiger charge is 2.34. The van der Waals surface area contributed by atoms with Gasteiger partial charge in [-0.25, -0.2) is 0 Å². The van der Waals surface area contributed by atoms with Crippen molar-refractivity contribution in [1.82, 2.24) is 4.90 Å². The summed E-state index contributed by atoms with van der Waals surface area (Å²) in [5.74, 6) is -1.30. The van der Waals surface area contributed by atoms with Crippen LogP contribution in [0.25, 0.3) is 0 Å². The molecular weight excluding hydrogens is 234 g/mol. The number of carbonyl (C=O) groups is 2. The number of hydrogen-bond donors (Lipinski definition) is 2. The van der Waals surface area contributed by atoms with Crippen molar-refractivity contribution >= 4 is 11.9 Å². The molecule has 5 nitrogen and oxygen atoms in total. The van der Waals surface area contributed by atoms with Crippen molar-refractivity contribution in [2.75, 3.05) is 6.54 Å². The zero-order valence-corrected chi connectivity index (χ0v) is 10.1. The SMILES string of the molecule is Cc1c(O)cccc1C(=O)N(CC(=O)O)C1CC1. The van der Waals surface area contributed by atoms with Gasteiger partial charge in [-0.1, -0.05) is 6.07 Å². The van der Waals surface area contributed by atoms with Gasteiger partial charge in [0, 0.05) is 17.2 Å². The fourth-order valence-corrected chi connectivity index (χ4v) is 1.91. The maximum absolute atomic E-state index is 12.3. The molecule has 1 fully saturated rings. The van der Waals surface area contributed by atoms with Crippen molar-refractivity contribution < 1.29 is 19.8 Å². The van der Waals surface area contributed by atoms with Crippen LogP contribution >= 0.6 is 0 Å². The van der Waals surface area contributed by atoms with Crippen molar-refractivity contribution in [1.29, 1.82) is 0 Å². The molecule has 1 aliphatic carbocycles. The number of hydrogen-bond acceptors (Lipinski definition) is 3. The first-order valence-corrected chi connectivity index (χ1v) is 5.82. The van der Waals surface area contributed by atoms with Crippen LogP contribution in [0, 0.1) is 6.92 Å². The van der Waals surface area contributed by atoms with E-state index in [4.69, 9.17) is 5.11 Å². The Kier molecular flexibility index (Phi) is 3.23. The van der Waals surface area contributed by atoms with Crippen molar-refractivity contribution in [3.05, 3.63) is 29.3 Å². The average molecular weight is 249 g/mol. The van der Waals surface area contributed by atoms with E-state index in [1.165, 1.54) is 11.0 Å². The molecule has 0 radical (unpaired) electrons. The minimum absolute atomic E-state index is 0.0235. The Hall–Kier alpha value is -2.04. The van der Waals surface area contributed by atoms with Crippen molar-refractivity contribution in [3.63, 3.8) is 0 Å². The number of carboxylic acids is 1. The molecule has 1 saturated carbocycles. The fraction of sp³-hybridized carbons (Fsp3) is 0.385. The highest BCUT2D eigenvalue weighted by molar-refractivity contribution is 5.98. The number of carboxylic acid groups (broad SMARTS) is 1. The van der Waals surface area contributed by atoms with Gasteiger partial charge in [0.15, 0.2) is 0 Å². The second-order valence-corrected chi connectivity index (χ2v) is 4.51. The van der Waals surface area contributed by atoms with Crippen molar-refractivity contribution in [3.8, 4) is 5.75 Å². The summed E-state index contributed by atoms with van der Waals surface area (Å²) in [5, 5.41) is 18.4. The summed E-state index contributed by atoms with van der Waals surface area (Å²) in [7, 11) is 0. The van der Waals surface area contributed by atoms with Gasteiger partial charge in [0.2, 0.25) is 0 Å². The molecular formula is C13H15NO4. The third-order valence-electron chi connectivity index (χ3n) is 3.09. The molecule has 0 bridgehead atoms. The zero-order chi connectivity index (χ0) is 13.3. The molecule has 1 amide bonds. The molecule has 0 spiro atoms. The van der Waals surface area contributed by atoms with Crippen LogP contribution in [0.4, 0.5) is 0 Å². The van der Waals surface area contributed by atoms with Gasteiger partial charge in [0.1, 0.15) is 12.3 Å². The molecule has 0 saturated heterocycles. The van der Waals surface area contributed by atoms with E-state index in [1.807, 2.05) is 0 Å². The topological polar surface area (TPSA) is 77.8 Å². The predicted molar refractivity (Wildman–Crippen MR) is 64.5 cm³/mol. The number of amides is 1. The lowest BCUT2D eigenvalue weighted by Gasteiger charge is -2.21. The zero-order valence-electron chi connectivity index (χ0n) is 10.1. The normalized spacial score (nSPS) is 14.3. The number of phenolic OH excluding ortho intramolecular Hbond substituents is 1. The molecule has 0 atom stereocenters. The van der Waals surface area contributed by atoms with Crippen LogP contribution in [0.5, 0.6) is 5.75 Å². The predicted octanol–water partition coefficient (Wildman–Crippen LogP) is 1.39. The van der Waals surface area contributed by atoms with Gasteiger partial charge in [0.25, 0.3) is 5.91 Å². The van der Waals surface area contributed by atoms with Crippen molar-refractivity contribution in [2.45, 2.75) is 25.8 Å². The Balaban J connectivity index is 2.27. The Morgan fingerprint density at radius 3 is 2.61 bits per heavy atom. The van der Waals surface area contributed by atoms with E-state index in [0.29, 0.717) is 11.1 Å². The summed E-state index contributed by atoms with van der Waals surface area (Å²) < 4.78 is 0. The second-order valence-electron chi connectivity index (χ2n) is 4.51. The van der Waals surface area contributed by atoms with Gasteiger partial charge in [-0.3, -0.25) is 9.59 Å². The van der Waals surface area contributed by atoms with Crippen LogP contribution in [-0.4, -0.2) is 39.6 Å². The highest BCUT2D eigenvalue weighted by Crippen LogP contribution is 2.29. The van der Waals surface area contributed by atoms with Crippen LogP contribution in [0.2, 0.25) is 0 Å². The van der Waals surface area contributed by atoms with Gasteiger partial charge in [0.05, 0.1) is 0 Å². The van der Waals surface area contributed by atoms with Gasteiger partial charge < -0.3 is 15.1 Å². The van der Waals surface area contributed by atoms with E-state index in [-0.39, 0.29) is 24.2 Å². The molecule has 1 aliphatic rings. The van der Waals surface area contributed by atoms with Gasteiger partial charge in [-0.05, 0) is 31.9 Å². The summed E-state index contributed by atoms with van der Waals surface area (Å²) in [6, 6.07) is 4.72. The first kappa shape index (κ1) is 12.4. The Morgan fingerprint density at radius 2 is 2.06 bits per heavy atom. The summed E-state index contributed by atoms with van der Waals surface area (Å²) >= 11 is 0. The number of carbonyl (C=O) groups excluding carboxylic acids is 1. The molecule has 1 aromatic rings. The van der Waals surface area contributed by atoms with Crippen LogP contribution in [0.1, 0.15) is 28.8 Å². The summed E-state index contributed by atoms with van der Waals surface area (Å²) in [5.41, 5.74) is 0.849. The number of benzene rings is 1. The largest absolute Gasteiger partial charge is 0.508 e. The number of aliphatic carboxylic acids is 1. The first-order chi connectivity index (χ1) is 8.50. The number of phenols is 1. The molecule has 1 aromatic carbocycles. The number of rotatable bonds is 4. The molecule has 5 heteroatoms. The first-order valence-electron chi connectivity index (χ1n) is 5.82. The maximum atomic E-state index is 12.3. The van der Waals surface area contributed by atoms with E-state index in [0.717, 1.165) is 12.8 Å². The molecule has 0 unspecified atom stereocenters. The monoisotopic (exact) mass is 249 g/mol. The quantitative estimate of drug-likeness (QED) is 0.845. The maximum Gasteiger partial charge on any atom is 0.323 e. The second kappa shape index (κ2) is 4.68. The Labute approximate surface area is 105 Å². The van der Waals surface area contributed by atoms with Crippen LogP contribution in [0.15, 0.2) is 18.2 Å². The van der Waals surface area contributed by atoms with Crippen molar-refractivity contribution in [2.24, 2.45) is 0 Å². The van der Waals surface area contributed by atoms with Gasteiger partial charge in [-0.2, -0.15) is 0 Å². The lowest BCUT2D eigenvalue weighted by atomic mass is 10.1. The van der Waals surface area contributed by atoms with Crippen LogP contribution < -0.4 is 0 Å². The standard InChI is InChI=1S/C13H15NO4/c1-8-10(3-2-4-11(8)15)13(18)14(7-12(16)17)9-5-6-9/h2-4,9,15H,5-7H2,1H3,(H,16,17). The number of aromatic hydroxyl groups is 1. The lowest BCUT2D eigenvalue weighted by molar-refractivity contribution is -0.137. The highest BCUT2D eigenvalue weighted by atomic mass is 16.4. The minimum atomic E-state index is -1.02. The third kappa shape index (κ3) is 2.45. The molecule has 2 rings (SSSR count). The Morgan fingerprint density at radius 1 is 1.39 bits per heavy atom. The van der Waals surface area contributed by atoms with E-state index < -0.39 is 5.97 Å². The minimum Gasteiger partial charge on any atom is -0.508 e. The van der Waals surface area contributed by atoms with E-state index in [2.05, 4.69) is 0 Å². The average Bonchev–Trinajstić information content (AvgIpc) is 3.12. The van der Waals surface area contributed by atoms with Crippen LogP contribution in [-0.2, 0) is 4.79 Å². The molecule has 2 N–H and O–H groups in total. The smallest absolute Gasteiger partial charge is 0.323 e. The Bertz CT molecular complexity index is 494. The molecule has 0 aliphatic heterocycles. The third-order valence-corrected chi connectivity index (χ3v) is 3.09. The molecule has 0 heterocycles. The van der Waals surface area contributed by atoms with Gasteiger partial charge >= 0.3 is 5.97 Å². The van der Waals surface area contributed by atoms with E-state index >= 15 is 0 Å². The van der Waals surface area contributed by atoms with Gasteiger partial charge in [-0.15, -0.1) is 0 Å². The lowest BCUT2D eigenvalue weighted by Crippen LogP contribution is -2.37.